The van der Waals surface area contributed by atoms with Crippen LogP contribution in [0, 0.1) is 5.82 Å². The van der Waals surface area contributed by atoms with Gasteiger partial charge in [0.25, 0.3) is 5.91 Å². The first-order valence-electron chi connectivity index (χ1n) is 8.23. The van der Waals surface area contributed by atoms with E-state index >= 15 is 0 Å². The van der Waals surface area contributed by atoms with Crippen LogP contribution in [0.4, 0.5) is 8.78 Å². The maximum absolute atomic E-state index is 13.1. The van der Waals surface area contributed by atoms with E-state index in [4.69, 9.17) is 4.74 Å². The Morgan fingerprint density at radius 1 is 1.23 bits per heavy atom. The second-order valence-electron chi connectivity index (χ2n) is 6.07. The number of nitrogens with zero attached hydrogens (tertiary/aromatic N) is 2. The first-order chi connectivity index (χ1) is 12.5. The van der Waals surface area contributed by atoms with E-state index in [2.05, 4.69) is 10.4 Å². The molecule has 3 rings (SSSR count). The van der Waals surface area contributed by atoms with Gasteiger partial charge >= 0.3 is 0 Å². The minimum absolute atomic E-state index is 0.302. The van der Waals surface area contributed by atoms with Gasteiger partial charge in [0.05, 0.1) is 23.4 Å². The Morgan fingerprint density at radius 2 is 1.96 bits per heavy atom. The van der Waals surface area contributed by atoms with E-state index in [1.54, 1.807) is 42.9 Å². The maximum Gasteiger partial charge on any atom is 0.251 e. The van der Waals surface area contributed by atoms with Crippen LogP contribution in [0.15, 0.2) is 48.7 Å². The van der Waals surface area contributed by atoms with Gasteiger partial charge in [0.2, 0.25) is 0 Å². The first-order valence-corrected chi connectivity index (χ1v) is 8.23. The van der Waals surface area contributed by atoms with Gasteiger partial charge in [-0.15, -0.1) is 0 Å². The molecule has 1 heterocycles. The lowest BCUT2D eigenvalue weighted by Gasteiger charge is -2.22. The van der Waals surface area contributed by atoms with E-state index < -0.39 is 12.6 Å². The highest BCUT2D eigenvalue weighted by atomic mass is 19.1. The molecule has 2 aromatic carbocycles. The van der Waals surface area contributed by atoms with E-state index in [9.17, 15) is 13.6 Å². The number of halogens is 2. The van der Waals surface area contributed by atoms with Crippen molar-refractivity contribution in [2.45, 2.75) is 26.0 Å². The fourth-order valence-electron chi connectivity index (χ4n) is 2.60. The smallest absolute Gasteiger partial charge is 0.251 e. The highest BCUT2D eigenvalue weighted by molar-refractivity contribution is 5.81. The number of alkyl halides is 1. The summed E-state index contributed by atoms with van der Waals surface area (Å²) in [6.45, 7) is 2.50. The number of rotatable bonds is 6. The Labute approximate surface area is 149 Å². The van der Waals surface area contributed by atoms with Crippen molar-refractivity contribution in [3.05, 3.63) is 54.5 Å². The zero-order chi connectivity index (χ0) is 18.7. The second-order valence-corrected chi connectivity index (χ2v) is 6.07. The molecule has 3 aromatic rings. The number of fused-ring (bicyclic) bond motifs is 1. The van der Waals surface area contributed by atoms with Crippen LogP contribution in [0.2, 0.25) is 0 Å². The van der Waals surface area contributed by atoms with Crippen molar-refractivity contribution in [2.75, 3.05) is 6.67 Å². The number of nitrogens with one attached hydrogen (secondary N) is 1. The number of hydrogen-bond acceptors (Lipinski definition) is 3. The van der Waals surface area contributed by atoms with Gasteiger partial charge in [0.1, 0.15) is 17.7 Å². The molecule has 5 nitrogen and oxygen atoms in total. The molecule has 0 saturated heterocycles. The van der Waals surface area contributed by atoms with Gasteiger partial charge in [-0.2, -0.15) is 5.10 Å². The van der Waals surface area contributed by atoms with Crippen LogP contribution in [-0.4, -0.2) is 34.5 Å². The number of carbonyl (C=O) groups is 1. The van der Waals surface area contributed by atoms with Crippen molar-refractivity contribution in [1.82, 2.24) is 15.1 Å². The average Bonchev–Trinajstić information content (AvgIpc) is 3.05. The van der Waals surface area contributed by atoms with Gasteiger partial charge < -0.3 is 10.1 Å². The molecular weight excluding hydrogens is 340 g/mol. The van der Waals surface area contributed by atoms with E-state index in [-0.39, 0.29) is 18.0 Å². The molecule has 7 heteroatoms. The molecule has 1 aromatic heterocycles. The molecule has 0 aliphatic rings. The zero-order valence-corrected chi connectivity index (χ0v) is 14.4. The number of ether oxygens (including phenoxy) is 1. The normalized spacial score (nSPS) is 13.4. The molecule has 0 aliphatic heterocycles. The molecule has 0 unspecified atom stereocenters. The summed E-state index contributed by atoms with van der Waals surface area (Å²) in [5.74, 6) is -0.349. The molecule has 0 saturated carbocycles. The Morgan fingerprint density at radius 3 is 2.65 bits per heavy atom. The molecule has 26 heavy (non-hydrogen) atoms. The Kier molecular flexibility index (Phi) is 5.16. The summed E-state index contributed by atoms with van der Waals surface area (Å²) in [6, 6.07) is 11.2. The number of amides is 1. The number of aromatic nitrogens is 2. The van der Waals surface area contributed by atoms with E-state index in [0.717, 1.165) is 16.6 Å². The molecule has 0 fully saturated rings. The summed E-state index contributed by atoms with van der Waals surface area (Å²) >= 11 is 0. The minimum atomic E-state index is -1.05. The standard InChI is InChI=1S/C19H19F2N3O2/c1-12(23-19(25)10-20)13(2)26-17-7-8-18-14(9-17)11-22-24(18)16-5-3-15(21)4-6-16/h3-9,11-13H,10H2,1-2H3,(H,23,25)/t12-,13+/m0/s1. The average molecular weight is 359 g/mol. The lowest BCUT2D eigenvalue weighted by molar-refractivity contribution is -0.123. The summed E-state index contributed by atoms with van der Waals surface area (Å²) in [7, 11) is 0. The topological polar surface area (TPSA) is 56.1 Å². The Balaban J connectivity index is 1.78. The zero-order valence-electron chi connectivity index (χ0n) is 14.4. The molecule has 0 aliphatic carbocycles. The second kappa shape index (κ2) is 7.51. The van der Waals surface area contributed by atoms with E-state index in [1.165, 1.54) is 12.1 Å². The molecular formula is C19H19F2N3O2. The van der Waals surface area contributed by atoms with Crippen LogP contribution in [0.3, 0.4) is 0 Å². The third kappa shape index (κ3) is 3.82. The van der Waals surface area contributed by atoms with Gasteiger partial charge in [-0.05, 0) is 56.3 Å². The molecule has 2 atom stereocenters. The molecule has 0 bridgehead atoms. The SMILES string of the molecule is C[C@H](NC(=O)CF)[C@@H](C)Oc1ccc2c(cnn2-c2ccc(F)cc2)c1. The third-order valence-corrected chi connectivity index (χ3v) is 4.15. The largest absolute Gasteiger partial charge is 0.489 e. The lowest BCUT2D eigenvalue weighted by Crippen LogP contribution is -2.43. The van der Waals surface area contributed by atoms with Gasteiger partial charge in [0, 0.05) is 5.39 Å². The summed E-state index contributed by atoms with van der Waals surface area (Å²) in [6.07, 6.45) is 1.36. The highest BCUT2D eigenvalue weighted by Crippen LogP contribution is 2.24. The Hall–Kier alpha value is -2.96. The Bertz CT molecular complexity index is 909. The van der Waals surface area contributed by atoms with E-state index in [1.807, 2.05) is 12.1 Å². The third-order valence-electron chi connectivity index (χ3n) is 4.15. The van der Waals surface area contributed by atoms with Crippen LogP contribution in [0.1, 0.15) is 13.8 Å². The van der Waals surface area contributed by atoms with Crippen LogP contribution >= 0.6 is 0 Å². The summed E-state index contributed by atoms with van der Waals surface area (Å²) in [5, 5.41) is 7.73. The number of hydrogen-bond donors (Lipinski definition) is 1. The molecule has 1 N–H and O–H groups in total. The van der Waals surface area contributed by atoms with Gasteiger partial charge in [-0.3, -0.25) is 4.79 Å². The quantitative estimate of drug-likeness (QED) is 0.734. The summed E-state index contributed by atoms with van der Waals surface area (Å²) in [5.41, 5.74) is 1.61. The van der Waals surface area contributed by atoms with Crippen molar-refractivity contribution in [3.8, 4) is 11.4 Å². The molecule has 136 valence electrons. The highest BCUT2D eigenvalue weighted by Gasteiger charge is 2.17. The minimum Gasteiger partial charge on any atom is -0.489 e. The van der Waals surface area contributed by atoms with Gasteiger partial charge in [0.15, 0.2) is 6.67 Å². The van der Waals surface area contributed by atoms with Crippen LogP contribution < -0.4 is 10.1 Å². The summed E-state index contributed by atoms with van der Waals surface area (Å²) < 4.78 is 32.9. The molecule has 0 radical (unpaired) electrons. The van der Waals surface area contributed by atoms with Gasteiger partial charge in [-0.1, -0.05) is 0 Å². The van der Waals surface area contributed by atoms with Crippen molar-refractivity contribution in [3.63, 3.8) is 0 Å². The lowest BCUT2D eigenvalue weighted by atomic mass is 10.2. The van der Waals surface area contributed by atoms with Crippen molar-refractivity contribution in [2.24, 2.45) is 0 Å². The van der Waals surface area contributed by atoms with Crippen LogP contribution in [-0.2, 0) is 4.79 Å². The van der Waals surface area contributed by atoms with Crippen LogP contribution in [0.25, 0.3) is 16.6 Å². The monoisotopic (exact) mass is 359 g/mol. The van der Waals surface area contributed by atoms with Crippen molar-refractivity contribution in [1.29, 1.82) is 0 Å². The predicted molar refractivity (Wildman–Crippen MR) is 94.7 cm³/mol. The van der Waals surface area contributed by atoms with Crippen LogP contribution in [0.5, 0.6) is 5.75 Å². The number of benzene rings is 2. The fraction of sp³-hybridized carbons (Fsp3) is 0.263. The van der Waals surface area contributed by atoms with Crippen molar-refractivity contribution >= 4 is 16.8 Å². The predicted octanol–water partition coefficient (Wildman–Crippen LogP) is 3.41. The fourth-order valence-corrected chi connectivity index (χ4v) is 2.60. The maximum atomic E-state index is 13.1. The first kappa shape index (κ1) is 17.8. The summed E-state index contributed by atoms with van der Waals surface area (Å²) in [4.78, 5) is 11.1. The molecule has 0 spiro atoms. The van der Waals surface area contributed by atoms with Crippen molar-refractivity contribution < 1.29 is 18.3 Å². The molecule has 1 amide bonds. The van der Waals surface area contributed by atoms with E-state index in [0.29, 0.717) is 5.75 Å². The number of carbonyl (C=O) groups excluding carboxylic acids is 1. The van der Waals surface area contributed by atoms with Gasteiger partial charge in [-0.25, -0.2) is 13.5 Å².